The highest BCUT2D eigenvalue weighted by molar-refractivity contribution is 7.90. The van der Waals surface area contributed by atoms with Gasteiger partial charge in [-0.05, 0) is 35.9 Å². The average Bonchev–Trinajstić information content (AvgIpc) is 2.56. The molecule has 0 heterocycles. The minimum atomic E-state index is -3.19. The molecule has 6 nitrogen and oxygen atoms in total. The molecule has 1 N–H and O–H groups in total. The third-order valence-electron chi connectivity index (χ3n) is 3.59. The van der Waals surface area contributed by atoms with Gasteiger partial charge in [0, 0.05) is 32.5 Å². The van der Waals surface area contributed by atoms with Crippen LogP contribution in [-0.2, 0) is 16.3 Å². The van der Waals surface area contributed by atoms with E-state index in [1.54, 1.807) is 56.6 Å². The summed E-state index contributed by atoms with van der Waals surface area (Å²) in [5.74, 6) is 0.516. The third-order valence-corrected chi connectivity index (χ3v) is 5.01. The molecule has 0 saturated heterocycles. The molecule has 8 heteroatoms. The number of hydrogen-bond donors (Lipinski definition) is 1. The van der Waals surface area contributed by atoms with Gasteiger partial charge in [-0.1, -0.05) is 23.7 Å². The van der Waals surface area contributed by atoms with Gasteiger partial charge in [-0.25, -0.2) is 13.2 Å². The van der Waals surface area contributed by atoms with Crippen molar-refractivity contribution in [2.75, 3.05) is 32.3 Å². The lowest BCUT2D eigenvalue weighted by molar-refractivity contribution is 0.230. The van der Waals surface area contributed by atoms with Crippen LogP contribution in [0.1, 0.15) is 5.56 Å². The topological polar surface area (TPSA) is 75.7 Å². The number of halogens is 1. The van der Waals surface area contributed by atoms with Crippen molar-refractivity contribution >= 4 is 33.2 Å². The lowest BCUT2D eigenvalue weighted by atomic mass is 10.2. The first-order valence-electron chi connectivity index (χ1n) is 7.86. The van der Waals surface area contributed by atoms with Crippen LogP contribution in [0, 0.1) is 0 Å². The van der Waals surface area contributed by atoms with Crippen molar-refractivity contribution < 1.29 is 17.9 Å². The summed E-state index contributed by atoms with van der Waals surface area (Å²) in [6, 6.07) is 11.5. The van der Waals surface area contributed by atoms with Crippen LogP contribution >= 0.6 is 11.6 Å². The summed E-state index contributed by atoms with van der Waals surface area (Å²) in [7, 11) is 0.111. The fourth-order valence-electron chi connectivity index (χ4n) is 2.11. The summed E-state index contributed by atoms with van der Waals surface area (Å²) in [6.07, 6.45) is 1.79. The van der Waals surface area contributed by atoms with Crippen molar-refractivity contribution in [3.8, 4) is 5.75 Å². The molecule has 2 amide bonds. The van der Waals surface area contributed by atoms with Gasteiger partial charge in [0.05, 0.1) is 16.5 Å². The number of urea groups is 1. The SMILES string of the molecule is CN(C)C(=O)Nc1ccc(OCCc2ccc(S(C)(=O)=O)cc2)c(Cl)c1. The minimum absolute atomic E-state index is 0.243. The molecule has 26 heavy (non-hydrogen) atoms. The summed E-state index contributed by atoms with van der Waals surface area (Å²) >= 11 is 6.19. The second-order valence-corrected chi connectivity index (χ2v) is 8.41. The first kappa shape index (κ1) is 20.1. The number of amides is 2. The van der Waals surface area contributed by atoms with Gasteiger partial charge in [0.15, 0.2) is 9.84 Å². The van der Waals surface area contributed by atoms with Gasteiger partial charge in [-0.3, -0.25) is 0 Å². The maximum atomic E-state index is 11.6. The second kappa shape index (κ2) is 8.42. The van der Waals surface area contributed by atoms with Crippen molar-refractivity contribution in [3.63, 3.8) is 0 Å². The van der Waals surface area contributed by atoms with Crippen LogP contribution < -0.4 is 10.1 Å². The Balaban J connectivity index is 1.92. The Morgan fingerprint density at radius 3 is 2.35 bits per heavy atom. The van der Waals surface area contributed by atoms with Gasteiger partial charge in [-0.15, -0.1) is 0 Å². The van der Waals surface area contributed by atoms with Crippen LogP contribution in [0.3, 0.4) is 0 Å². The number of nitrogens with zero attached hydrogens (tertiary/aromatic N) is 1. The highest BCUT2D eigenvalue weighted by Gasteiger charge is 2.08. The van der Waals surface area contributed by atoms with E-state index in [2.05, 4.69) is 5.32 Å². The lowest BCUT2D eigenvalue weighted by Crippen LogP contribution is -2.27. The molecule has 0 aliphatic heterocycles. The van der Waals surface area contributed by atoms with Crippen molar-refractivity contribution in [2.24, 2.45) is 0 Å². The van der Waals surface area contributed by atoms with E-state index in [0.29, 0.717) is 34.4 Å². The molecular formula is C18H21ClN2O4S. The molecule has 0 unspecified atom stereocenters. The van der Waals surface area contributed by atoms with Gasteiger partial charge in [0.1, 0.15) is 5.75 Å². The molecule has 0 fully saturated rings. The van der Waals surface area contributed by atoms with Crippen LogP contribution in [0.5, 0.6) is 5.75 Å². The predicted molar refractivity (Wildman–Crippen MR) is 103 cm³/mol. The van der Waals surface area contributed by atoms with E-state index in [4.69, 9.17) is 16.3 Å². The fourth-order valence-corrected chi connectivity index (χ4v) is 2.98. The number of nitrogens with one attached hydrogen (secondary N) is 1. The Bertz CT molecular complexity index is 881. The second-order valence-electron chi connectivity index (χ2n) is 5.98. The number of carbonyl (C=O) groups excluding carboxylic acids is 1. The van der Waals surface area contributed by atoms with Crippen molar-refractivity contribution in [3.05, 3.63) is 53.1 Å². The highest BCUT2D eigenvalue weighted by Crippen LogP contribution is 2.28. The Labute approximate surface area is 158 Å². The number of anilines is 1. The molecule has 0 aliphatic rings. The Morgan fingerprint density at radius 1 is 1.15 bits per heavy atom. The lowest BCUT2D eigenvalue weighted by Gasteiger charge is -2.13. The van der Waals surface area contributed by atoms with E-state index in [0.717, 1.165) is 5.56 Å². The first-order valence-corrected chi connectivity index (χ1v) is 10.1. The molecule has 0 spiro atoms. The van der Waals surface area contributed by atoms with E-state index in [1.165, 1.54) is 11.2 Å². The predicted octanol–water partition coefficient (Wildman–Crippen LogP) is 3.46. The number of rotatable bonds is 6. The summed E-state index contributed by atoms with van der Waals surface area (Å²) in [4.78, 5) is 13.3. The molecule has 2 aromatic rings. The summed E-state index contributed by atoms with van der Waals surface area (Å²) in [5, 5.41) is 3.10. The maximum absolute atomic E-state index is 11.6. The summed E-state index contributed by atoms with van der Waals surface area (Å²) in [5.41, 5.74) is 1.54. The fraction of sp³-hybridized carbons (Fsp3) is 0.278. The Kier molecular flexibility index (Phi) is 6.50. The van der Waals surface area contributed by atoms with Gasteiger partial charge < -0.3 is 15.0 Å². The molecule has 2 aromatic carbocycles. The standard InChI is InChI=1S/C18H21ClN2O4S/c1-21(2)18(22)20-14-6-9-17(16(19)12-14)25-11-10-13-4-7-15(8-5-13)26(3,23)24/h4-9,12H,10-11H2,1-3H3,(H,20,22). The molecule has 0 radical (unpaired) electrons. The first-order chi connectivity index (χ1) is 12.2. The zero-order valence-electron chi connectivity index (χ0n) is 14.8. The number of ether oxygens (including phenoxy) is 1. The van der Waals surface area contributed by atoms with Crippen LogP contribution in [0.2, 0.25) is 5.02 Å². The van der Waals surface area contributed by atoms with Crippen LogP contribution in [0.25, 0.3) is 0 Å². The Hall–Kier alpha value is -2.25. The van der Waals surface area contributed by atoms with Crippen LogP contribution in [-0.4, -0.2) is 46.3 Å². The summed E-state index contributed by atoms with van der Waals surface area (Å²) < 4.78 is 28.6. The van der Waals surface area contributed by atoms with Crippen LogP contribution in [0.15, 0.2) is 47.4 Å². The average molecular weight is 397 g/mol. The molecule has 0 aromatic heterocycles. The molecular weight excluding hydrogens is 376 g/mol. The van der Waals surface area contributed by atoms with Crippen molar-refractivity contribution in [1.29, 1.82) is 0 Å². The van der Waals surface area contributed by atoms with Crippen molar-refractivity contribution in [2.45, 2.75) is 11.3 Å². The molecule has 0 saturated carbocycles. The van der Waals surface area contributed by atoms with Gasteiger partial charge in [0.2, 0.25) is 0 Å². The largest absolute Gasteiger partial charge is 0.492 e. The minimum Gasteiger partial charge on any atom is -0.492 e. The van der Waals surface area contributed by atoms with E-state index in [-0.39, 0.29) is 6.03 Å². The zero-order valence-corrected chi connectivity index (χ0v) is 16.4. The number of sulfone groups is 1. The maximum Gasteiger partial charge on any atom is 0.321 e. The molecule has 2 rings (SSSR count). The number of hydrogen-bond acceptors (Lipinski definition) is 4. The smallest absolute Gasteiger partial charge is 0.321 e. The van der Waals surface area contributed by atoms with Crippen molar-refractivity contribution in [1.82, 2.24) is 4.90 Å². The van der Waals surface area contributed by atoms with E-state index < -0.39 is 9.84 Å². The van der Waals surface area contributed by atoms with E-state index >= 15 is 0 Å². The molecule has 140 valence electrons. The van der Waals surface area contributed by atoms with Crippen LogP contribution in [0.4, 0.5) is 10.5 Å². The number of benzene rings is 2. The van der Waals surface area contributed by atoms with Gasteiger partial charge in [-0.2, -0.15) is 0 Å². The third kappa shape index (κ3) is 5.64. The van der Waals surface area contributed by atoms with Gasteiger partial charge in [0.25, 0.3) is 0 Å². The molecule has 0 atom stereocenters. The van der Waals surface area contributed by atoms with Gasteiger partial charge >= 0.3 is 6.03 Å². The zero-order chi connectivity index (χ0) is 19.3. The molecule has 0 bridgehead atoms. The quantitative estimate of drug-likeness (QED) is 0.811. The number of carbonyl (C=O) groups is 1. The molecule has 0 aliphatic carbocycles. The van der Waals surface area contributed by atoms with E-state index in [1.807, 2.05) is 0 Å². The van der Waals surface area contributed by atoms with E-state index in [9.17, 15) is 13.2 Å². The highest BCUT2D eigenvalue weighted by atomic mass is 35.5. The summed E-state index contributed by atoms with van der Waals surface area (Å²) in [6.45, 7) is 0.390. The Morgan fingerprint density at radius 2 is 1.81 bits per heavy atom. The normalized spacial score (nSPS) is 11.1. The monoisotopic (exact) mass is 396 g/mol.